The molecule has 3 rings (SSSR count). The number of nitrogens with zero attached hydrogens (tertiary/aromatic N) is 1. The van der Waals surface area contributed by atoms with Crippen LogP contribution < -0.4 is 10.6 Å². The van der Waals surface area contributed by atoms with Gasteiger partial charge in [-0.3, -0.25) is 14.4 Å². The van der Waals surface area contributed by atoms with Gasteiger partial charge in [0.25, 0.3) is 5.91 Å². The number of aliphatic carboxylic acids is 1. The summed E-state index contributed by atoms with van der Waals surface area (Å²) < 4.78 is 14.8. The average Bonchev–Trinajstić information content (AvgIpc) is 3.21. The maximum Gasteiger partial charge on any atom is 0.305 e. The summed E-state index contributed by atoms with van der Waals surface area (Å²) in [7, 11) is 0. The van der Waals surface area contributed by atoms with Crippen LogP contribution in [0.1, 0.15) is 30.8 Å². The smallest absolute Gasteiger partial charge is 0.305 e. The third-order valence-electron chi connectivity index (χ3n) is 5.54. The number of hydrogen-bond donors (Lipinski definition) is 4. The molecule has 0 bridgehead atoms. The van der Waals surface area contributed by atoms with Crippen LogP contribution >= 0.6 is 0 Å². The number of aliphatic hydroxyl groups is 1. The van der Waals surface area contributed by atoms with Gasteiger partial charge < -0.3 is 25.4 Å². The average molecular weight is 470 g/mol. The zero-order valence-electron chi connectivity index (χ0n) is 18.9. The first-order valence-corrected chi connectivity index (χ1v) is 11.0. The van der Waals surface area contributed by atoms with Crippen LogP contribution in [0.2, 0.25) is 0 Å². The maximum atomic E-state index is 13.4. The van der Waals surface area contributed by atoms with Crippen molar-refractivity contribution >= 4 is 28.7 Å². The summed E-state index contributed by atoms with van der Waals surface area (Å²) in [6, 6.07) is 16.2. The number of carboxylic acids is 1. The van der Waals surface area contributed by atoms with Gasteiger partial charge >= 0.3 is 5.97 Å². The number of carbonyl (C=O) groups excluding carboxylic acids is 2. The van der Waals surface area contributed by atoms with Gasteiger partial charge in [0.05, 0.1) is 18.0 Å². The number of fused-ring (bicyclic) bond motifs is 1. The van der Waals surface area contributed by atoms with Crippen molar-refractivity contribution in [2.24, 2.45) is 5.92 Å². The van der Waals surface area contributed by atoms with Gasteiger partial charge in [-0.25, -0.2) is 4.39 Å². The number of benzene rings is 2. The Bertz CT molecular complexity index is 1160. The number of amides is 2. The van der Waals surface area contributed by atoms with E-state index in [1.807, 2.05) is 54.6 Å². The molecular formula is C25H28FN3O5. The van der Waals surface area contributed by atoms with E-state index in [9.17, 15) is 23.9 Å². The van der Waals surface area contributed by atoms with Crippen molar-refractivity contribution in [3.8, 4) is 5.69 Å². The predicted octanol–water partition coefficient (Wildman–Crippen LogP) is 2.67. The third-order valence-corrected chi connectivity index (χ3v) is 5.54. The third kappa shape index (κ3) is 5.60. The van der Waals surface area contributed by atoms with Crippen LogP contribution in [-0.2, 0) is 9.59 Å². The largest absolute Gasteiger partial charge is 0.481 e. The van der Waals surface area contributed by atoms with Crippen molar-refractivity contribution in [2.75, 3.05) is 6.67 Å². The summed E-state index contributed by atoms with van der Waals surface area (Å²) in [4.78, 5) is 37.4. The van der Waals surface area contributed by atoms with E-state index < -0.39 is 49.1 Å². The van der Waals surface area contributed by atoms with E-state index in [0.29, 0.717) is 5.69 Å². The van der Waals surface area contributed by atoms with Crippen molar-refractivity contribution in [3.63, 3.8) is 0 Å². The highest BCUT2D eigenvalue weighted by molar-refractivity contribution is 6.02. The first kappa shape index (κ1) is 24.9. The Kier molecular flexibility index (Phi) is 8.01. The highest BCUT2D eigenvalue weighted by atomic mass is 19.1. The molecule has 1 heterocycles. The number of para-hydroxylation sites is 2. The molecule has 2 aromatic carbocycles. The SMILES string of the molecule is CC(C)[C@H](NC(=O)c1cc2ccccc2n1-c1ccccc1)C(=O)NC(CC(=O)O)C(O)CF. The van der Waals surface area contributed by atoms with Crippen molar-refractivity contribution in [2.45, 2.75) is 38.5 Å². The minimum atomic E-state index is -1.68. The summed E-state index contributed by atoms with van der Waals surface area (Å²) in [5, 5.41) is 24.8. The molecule has 180 valence electrons. The number of hydrogen-bond acceptors (Lipinski definition) is 4. The fourth-order valence-corrected chi connectivity index (χ4v) is 3.78. The van der Waals surface area contributed by atoms with Crippen LogP contribution in [0.25, 0.3) is 16.6 Å². The van der Waals surface area contributed by atoms with Crippen LogP contribution in [0, 0.1) is 5.92 Å². The van der Waals surface area contributed by atoms with E-state index in [1.165, 1.54) is 0 Å². The van der Waals surface area contributed by atoms with Crippen LogP contribution in [0.15, 0.2) is 60.7 Å². The van der Waals surface area contributed by atoms with Crippen LogP contribution in [-0.4, -0.2) is 57.4 Å². The number of carboxylic acid groups (broad SMARTS) is 1. The molecule has 1 aromatic heterocycles. The molecule has 4 N–H and O–H groups in total. The van der Waals surface area contributed by atoms with Crippen molar-refractivity contribution in [1.82, 2.24) is 15.2 Å². The van der Waals surface area contributed by atoms with E-state index >= 15 is 0 Å². The molecule has 9 heteroatoms. The van der Waals surface area contributed by atoms with Gasteiger partial charge in [0.2, 0.25) is 5.91 Å². The van der Waals surface area contributed by atoms with E-state index in [2.05, 4.69) is 10.6 Å². The molecule has 0 fully saturated rings. The van der Waals surface area contributed by atoms with Gasteiger partial charge in [0.1, 0.15) is 24.5 Å². The molecule has 34 heavy (non-hydrogen) atoms. The monoisotopic (exact) mass is 469 g/mol. The number of rotatable bonds is 10. The maximum absolute atomic E-state index is 13.4. The second-order valence-electron chi connectivity index (χ2n) is 8.39. The molecule has 0 radical (unpaired) electrons. The summed E-state index contributed by atoms with van der Waals surface area (Å²) in [6.07, 6.45) is -2.33. The lowest BCUT2D eigenvalue weighted by atomic mass is 10.0. The fourth-order valence-electron chi connectivity index (χ4n) is 3.78. The number of halogens is 1. The first-order chi connectivity index (χ1) is 16.2. The summed E-state index contributed by atoms with van der Waals surface area (Å²) in [5.41, 5.74) is 1.90. The number of alkyl halides is 1. The van der Waals surface area contributed by atoms with Crippen LogP contribution in [0.5, 0.6) is 0 Å². The fraction of sp³-hybridized carbons (Fsp3) is 0.320. The molecule has 3 atom stereocenters. The minimum Gasteiger partial charge on any atom is -0.481 e. The summed E-state index contributed by atoms with van der Waals surface area (Å²) in [5.74, 6) is -2.87. The Morgan fingerprint density at radius 1 is 1.00 bits per heavy atom. The topological polar surface area (TPSA) is 121 Å². The Morgan fingerprint density at radius 3 is 2.26 bits per heavy atom. The molecule has 0 saturated heterocycles. The van der Waals surface area contributed by atoms with E-state index in [0.717, 1.165) is 16.6 Å². The first-order valence-electron chi connectivity index (χ1n) is 11.0. The normalized spacial score (nSPS) is 13.9. The standard InChI is InChI=1S/C25H28FN3O5/c1-15(2)23(25(34)27-18(13-22(31)32)21(30)14-26)28-24(33)20-12-16-8-6-7-11-19(16)29(20)17-9-4-3-5-10-17/h3-12,15,18,21,23,30H,13-14H2,1-2H3,(H,27,34)(H,28,33)(H,31,32)/t18?,21?,23-/m0/s1. The van der Waals surface area contributed by atoms with E-state index in [4.69, 9.17) is 5.11 Å². The van der Waals surface area contributed by atoms with Crippen LogP contribution in [0.4, 0.5) is 4.39 Å². The lowest BCUT2D eigenvalue weighted by molar-refractivity contribution is -0.139. The minimum absolute atomic E-state index is 0.316. The second-order valence-corrected chi connectivity index (χ2v) is 8.39. The van der Waals surface area contributed by atoms with Crippen molar-refractivity contribution in [3.05, 3.63) is 66.4 Å². The molecule has 3 aromatic rings. The van der Waals surface area contributed by atoms with Gasteiger partial charge in [0, 0.05) is 11.1 Å². The zero-order chi connectivity index (χ0) is 24.8. The van der Waals surface area contributed by atoms with Crippen molar-refractivity contribution < 1.29 is 29.0 Å². The summed E-state index contributed by atoms with van der Waals surface area (Å²) in [6.45, 7) is 2.22. The Hall–Kier alpha value is -3.72. The quantitative estimate of drug-likeness (QED) is 0.364. The Morgan fingerprint density at radius 2 is 1.65 bits per heavy atom. The lowest BCUT2D eigenvalue weighted by Crippen LogP contribution is -2.55. The Balaban J connectivity index is 1.91. The molecular weight excluding hydrogens is 441 g/mol. The highest BCUT2D eigenvalue weighted by Crippen LogP contribution is 2.24. The molecule has 0 aliphatic carbocycles. The van der Waals surface area contributed by atoms with Crippen molar-refractivity contribution in [1.29, 1.82) is 0 Å². The van der Waals surface area contributed by atoms with Gasteiger partial charge in [0.15, 0.2) is 0 Å². The second kappa shape index (κ2) is 10.9. The molecule has 2 amide bonds. The number of aromatic nitrogens is 1. The van der Waals surface area contributed by atoms with Gasteiger partial charge in [-0.15, -0.1) is 0 Å². The Labute approximate surface area is 196 Å². The molecule has 0 aliphatic heterocycles. The predicted molar refractivity (Wildman–Crippen MR) is 126 cm³/mol. The highest BCUT2D eigenvalue weighted by Gasteiger charge is 2.31. The lowest BCUT2D eigenvalue weighted by Gasteiger charge is -2.26. The number of carbonyl (C=O) groups is 3. The number of aliphatic hydroxyl groups excluding tert-OH is 1. The zero-order valence-corrected chi connectivity index (χ0v) is 18.9. The molecule has 0 saturated carbocycles. The van der Waals surface area contributed by atoms with E-state index in [1.54, 1.807) is 24.5 Å². The summed E-state index contributed by atoms with van der Waals surface area (Å²) >= 11 is 0. The molecule has 0 aliphatic rings. The molecule has 8 nitrogen and oxygen atoms in total. The van der Waals surface area contributed by atoms with Gasteiger partial charge in [-0.05, 0) is 30.2 Å². The molecule has 0 spiro atoms. The molecule has 2 unspecified atom stereocenters. The van der Waals surface area contributed by atoms with Crippen LogP contribution in [0.3, 0.4) is 0 Å². The van der Waals surface area contributed by atoms with E-state index in [-0.39, 0.29) is 5.92 Å². The number of nitrogens with one attached hydrogen (secondary N) is 2. The van der Waals surface area contributed by atoms with Gasteiger partial charge in [-0.1, -0.05) is 50.2 Å². The van der Waals surface area contributed by atoms with Gasteiger partial charge in [-0.2, -0.15) is 0 Å².